The smallest absolute Gasteiger partial charge is 0.256 e. The molecular weight excluding hydrogens is 234 g/mol. The molecule has 0 spiro atoms. The van der Waals surface area contributed by atoms with Crippen LogP contribution >= 0.6 is 11.3 Å². The molecule has 0 saturated carbocycles. The highest BCUT2D eigenvalue weighted by atomic mass is 32.1. The summed E-state index contributed by atoms with van der Waals surface area (Å²) in [5.74, 6) is -0.186. The van der Waals surface area contributed by atoms with Crippen molar-refractivity contribution in [2.75, 3.05) is 5.32 Å². The predicted octanol–water partition coefficient (Wildman–Crippen LogP) is 2.46. The first-order chi connectivity index (χ1) is 8.29. The Hall–Kier alpha value is -2.19. The molecule has 0 fully saturated rings. The Morgan fingerprint density at radius 1 is 1.53 bits per heavy atom. The zero-order valence-corrected chi connectivity index (χ0v) is 9.70. The van der Waals surface area contributed by atoms with Gasteiger partial charge in [-0.2, -0.15) is 5.26 Å². The van der Waals surface area contributed by atoms with Gasteiger partial charge in [-0.05, 0) is 29.6 Å². The van der Waals surface area contributed by atoms with Gasteiger partial charge in [0.1, 0.15) is 0 Å². The molecule has 2 aromatic rings. The highest BCUT2D eigenvalue weighted by Gasteiger charge is 2.07. The molecule has 2 aromatic heterocycles. The van der Waals surface area contributed by atoms with E-state index in [0.29, 0.717) is 11.3 Å². The van der Waals surface area contributed by atoms with E-state index in [0.717, 1.165) is 5.00 Å². The SMILES string of the molecule is N#CCc1cc(C(=O)Nc2cccs2)ccn1. The number of pyridine rings is 1. The number of aromatic nitrogens is 1. The van der Waals surface area contributed by atoms with Gasteiger partial charge in [0.25, 0.3) is 5.91 Å². The topological polar surface area (TPSA) is 65.8 Å². The summed E-state index contributed by atoms with van der Waals surface area (Å²) in [4.78, 5) is 15.9. The summed E-state index contributed by atoms with van der Waals surface area (Å²) in [6, 6.07) is 8.97. The van der Waals surface area contributed by atoms with Crippen molar-refractivity contribution in [3.05, 3.63) is 47.1 Å². The molecule has 2 heterocycles. The molecule has 0 atom stereocenters. The lowest BCUT2D eigenvalue weighted by atomic mass is 10.2. The maximum atomic E-state index is 11.9. The quantitative estimate of drug-likeness (QED) is 0.900. The van der Waals surface area contributed by atoms with E-state index in [9.17, 15) is 4.79 Å². The lowest BCUT2D eigenvalue weighted by Crippen LogP contribution is -2.11. The van der Waals surface area contributed by atoms with Crippen LogP contribution in [0.1, 0.15) is 16.1 Å². The van der Waals surface area contributed by atoms with Gasteiger partial charge in [0.05, 0.1) is 23.2 Å². The Bertz CT molecular complexity index is 557. The molecule has 0 saturated heterocycles. The summed E-state index contributed by atoms with van der Waals surface area (Å²) in [5.41, 5.74) is 1.12. The second-order valence-electron chi connectivity index (χ2n) is 3.30. The van der Waals surface area contributed by atoms with Gasteiger partial charge in [-0.1, -0.05) is 0 Å². The first-order valence-corrected chi connectivity index (χ1v) is 5.84. The zero-order chi connectivity index (χ0) is 12.1. The van der Waals surface area contributed by atoms with Crippen molar-refractivity contribution >= 4 is 22.2 Å². The van der Waals surface area contributed by atoms with Gasteiger partial charge in [0.15, 0.2) is 0 Å². The number of nitrogens with one attached hydrogen (secondary N) is 1. The number of thiophene rings is 1. The number of nitrogens with zero attached hydrogens (tertiary/aromatic N) is 2. The minimum absolute atomic E-state index is 0.186. The summed E-state index contributed by atoms with van der Waals surface area (Å²) in [6.45, 7) is 0. The van der Waals surface area contributed by atoms with E-state index in [1.807, 2.05) is 23.6 Å². The summed E-state index contributed by atoms with van der Waals surface area (Å²) in [7, 11) is 0. The fourth-order valence-electron chi connectivity index (χ4n) is 1.33. The van der Waals surface area contributed by atoms with Crippen LogP contribution in [0.3, 0.4) is 0 Å². The normalized spacial score (nSPS) is 9.59. The minimum atomic E-state index is -0.186. The Morgan fingerprint density at radius 2 is 2.41 bits per heavy atom. The van der Waals surface area contributed by atoms with Crippen molar-refractivity contribution < 1.29 is 4.79 Å². The molecule has 4 nitrogen and oxygen atoms in total. The Labute approximate surface area is 103 Å². The van der Waals surface area contributed by atoms with Gasteiger partial charge in [-0.3, -0.25) is 9.78 Å². The molecule has 0 radical (unpaired) electrons. The molecule has 84 valence electrons. The predicted molar refractivity (Wildman–Crippen MR) is 65.8 cm³/mol. The third kappa shape index (κ3) is 2.89. The standard InChI is InChI=1S/C12H9N3OS/c13-5-3-10-8-9(4-6-14-10)12(16)15-11-2-1-7-17-11/h1-2,4,6-8H,3H2,(H,15,16). The van der Waals surface area contributed by atoms with Gasteiger partial charge in [0.2, 0.25) is 0 Å². The minimum Gasteiger partial charge on any atom is -0.314 e. The second-order valence-corrected chi connectivity index (χ2v) is 4.25. The van der Waals surface area contributed by atoms with Crippen molar-refractivity contribution in [1.82, 2.24) is 4.98 Å². The first-order valence-electron chi connectivity index (χ1n) is 4.96. The highest BCUT2D eigenvalue weighted by molar-refractivity contribution is 7.14. The van der Waals surface area contributed by atoms with E-state index in [1.165, 1.54) is 17.5 Å². The molecule has 0 aliphatic heterocycles. The molecule has 0 aromatic carbocycles. The van der Waals surface area contributed by atoms with Gasteiger partial charge < -0.3 is 5.32 Å². The fourth-order valence-corrected chi connectivity index (χ4v) is 1.94. The molecule has 1 N–H and O–H groups in total. The molecule has 2 rings (SSSR count). The lowest BCUT2D eigenvalue weighted by Gasteiger charge is -2.03. The number of hydrogen-bond acceptors (Lipinski definition) is 4. The third-order valence-electron chi connectivity index (χ3n) is 2.10. The van der Waals surface area contributed by atoms with Crippen LogP contribution in [-0.4, -0.2) is 10.9 Å². The second kappa shape index (κ2) is 5.23. The van der Waals surface area contributed by atoms with Crippen molar-refractivity contribution in [1.29, 1.82) is 5.26 Å². The first kappa shape index (κ1) is 11.3. The van der Waals surface area contributed by atoms with Crippen LogP contribution in [0, 0.1) is 11.3 Å². The Kier molecular flexibility index (Phi) is 3.48. The molecule has 0 unspecified atom stereocenters. The average Bonchev–Trinajstić information content (AvgIpc) is 2.83. The maximum Gasteiger partial charge on any atom is 0.256 e. The average molecular weight is 243 g/mol. The summed E-state index contributed by atoms with van der Waals surface area (Å²) < 4.78 is 0. The number of rotatable bonds is 3. The third-order valence-corrected chi connectivity index (χ3v) is 2.88. The van der Waals surface area contributed by atoms with Crippen LogP contribution in [0.25, 0.3) is 0 Å². The van der Waals surface area contributed by atoms with Crippen LogP contribution in [0.15, 0.2) is 35.8 Å². The van der Waals surface area contributed by atoms with Crippen molar-refractivity contribution in [2.45, 2.75) is 6.42 Å². The van der Waals surface area contributed by atoms with Crippen LogP contribution in [-0.2, 0) is 6.42 Å². The lowest BCUT2D eigenvalue weighted by molar-refractivity contribution is 0.102. The van der Waals surface area contributed by atoms with E-state index in [1.54, 1.807) is 12.1 Å². The van der Waals surface area contributed by atoms with E-state index >= 15 is 0 Å². The molecule has 5 heteroatoms. The van der Waals surface area contributed by atoms with Crippen molar-refractivity contribution in [2.24, 2.45) is 0 Å². The van der Waals surface area contributed by atoms with Crippen molar-refractivity contribution in [3.63, 3.8) is 0 Å². The van der Waals surface area contributed by atoms with E-state index in [2.05, 4.69) is 10.3 Å². The monoisotopic (exact) mass is 243 g/mol. The summed E-state index contributed by atoms with van der Waals surface area (Å²) >= 11 is 1.46. The number of anilines is 1. The Morgan fingerprint density at radius 3 is 3.12 bits per heavy atom. The molecule has 0 bridgehead atoms. The van der Waals surface area contributed by atoms with Crippen molar-refractivity contribution in [3.8, 4) is 6.07 Å². The molecule has 17 heavy (non-hydrogen) atoms. The van der Waals surface area contributed by atoms with Gasteiger partial charge in [-0.15, -0.1) is 11.3 Å². The molecule has 0 aliphatic rings. The number of hydrogen-bond donors (Lipinski definition) is 1. The molecule has 0 aliphatic carbocycles. The van der Waals surface area contributed by atoms with E-state index < -0.39 is 0 Å². The Balaban J connectivity index is 2.14. The number of carbonyl (C=O) groups excluding carboxylic acids is 1. The van der Waals surface area contributed by atoms with E-state index in [-0.39, 0.29) is 12.3 Å². The van der Waals surface area contributed by atoms with Gasteiger partial charge >= 0.3 is 0 Å². The number of nitriles is 1. The zero-order valence-electron chi connectivity index (χ0n) is 8.88. The van der Waals surface area contributed by atoms with Crippen LogP contribution in [0.4, 0.5) is 5.00 Å². The van der Waals surface area contributed by atoms with Crippen LogP contribution in [0.2, 0.25) is 0 Å². The van der Waals surface area contributed by atoms with E-state index in [4.69, 9.17) is 5.26 Å². The fraction of sp³-hybridized carbons (Fsp3) is 0.0833. The van der Waals surface area contributed by atoms with Gasteiger partial charge in [0, 0.05) is 11.8 Å². The maximum absolute atomic E-state index is 11.9. The number of carbonyl (C=O) groups is 1. The van der Waals surface area contributed by atoms with Gasteiger partial charge in [-0.25, -0.2) is 0 Å². The van der Waals surface area contributed by atoms with Crippen LogP contribution < -0.4 is 5.32 Å². The molecular formula is C12H9N3OS. The largest absolute Gasteiger partial charge is 0.314 e. The number of amides is 1. The highest BCUT2D eigenvalue weighted by Crippen LogP contribution is 2.16. The van der Waals surface area contributed by atoms with Crippen LogP contribution in [0.5, 0.6) is 0 Å². The summed E-state index contributed by atoms with van der Waals surface area (Å²) in [5, 5.41) is 14.0. The summed E-state index contributed by atoms with van der Waals surface area (Å²) in [6.07, 6.45) is 1.75. The molecule has 1 amide bonds.